The van der Waals surface area contributed by atoms with E-state index >= 15 is 0 Å². The van der Waals surface area contributed by atoms with Gasteiger partial charge in [0.1, 0.15) is 5.75 Å². The lowest BCUT2D eigenvalue weighted by atomic mass is 9.81. The zero-order valence-electron chi connectivity index (χ0n) is 15.8. The van der Waals surface area contributed by atoms with Crippen LogP contribution in [0.5, 0.6) is 5.75 Å². The molecule has 0 aromatic heterocycles. The standard InChI is InChI=1S/C22H26N2O3/c1-15-6-3-4-9-20(15)24-22(26)17-12-10-16(11-13-17)21(25)23-18-7-5-8-19(14-18)27-2/h3-9,14,16-17H,10-13H2,1-2H3,(H,23,25)(H,24,26). The summed E-state index contributed by atoms with van der Waals surface area (Å²) in [5.41, 5.74) is 2.65. The predicted octanol–water partition coefficient (Wildman–Crippen LogP) is 4.39. The number of carbonyl (C=O) groups excluding carboxylic acids is 2. The topological polar surface area (TPSA) is 67.4 Å². The van der Waals surface area contributed by atoms with Crippen molar-refractivity contribution in [3.05, 3.63) is 54.1 Å². The van der Waals surface area contributed by atoms with Gasteiger partial charge in [0, 0.05) is 29.3 Å². The Balaban J connectivity index is 1.51. The summed E-state index contributed by atoms with van der Waals surface area (Å²) in [4.78, 5) is 25.1. The first-order chi connectivity index (χ1) is 13.1. The van der Waals surface area contributed by atoms with Gasteiger partial charge in [-0.1, -0.05) is 24.3 Å². The minimum Gasteiger partial charge on any atom is -0.497 e. The average molecular weight is 366 g/mol. The fraction of sp³-hybridized carbons (Fsp3) is 0.364. The van der Waals surface area contributed by atoms with Crippen LogP contribution in [-0.4, -0.2) is 18.9 Å². The molecule has 1 aliphatic rings. The maximum Gasteiger partial charge on any atom is 0.227 e. The number of aryl methyl sites for hydroxylation is 1. The van der Waals surface area contributed by atoms with Gasteiger partial charge in [0.25, 0.3) is 0 Å². The quantitative estimate of drug-likeness (QED) is 0.825. The third-order valence-corrected chi connectivity index (χ3v) is 5.21. The number of rotatable bonds is 5. The van der Waals surface area contributed by atoms with Crippen LogP contribution in [0.15, 0.2) is 48.5 Å². The molecule has 2 aromatic carbocycles. The maximum absolute atomic E-state index is 12.5. The summed E-state index contributed by atoms with van der Waals surface area (Å²) in [7, 11) is 1.60. The molecule has 27 heavy (non-hydrogen) atoms. The Hall–Kier alpha value is -2.82. The number of nitrogens with one attached hydrogen (secondary N) is 2. The number of methoxy groups -OCH3 is 1. The molecule has 0 radical (unpaired) electrons. The van der Waals surface area contributed by atoms with Gasteiger partial charge in [-0.2, -0.15) is 0 Å². The normalized spacial score (nSPS) is 19.2. The number of hydrogen-bond donors (Lipinski definition) is 2. The van der Waals surface area contributed by atoms with Gasteiger partial charge in [0.05, 0.1) is 7.11 Å². The van der Waals surface area contributed by atoms with Crippen LogP contribution >= 0.6 is 0 Å². The molecule has 2 N–H and O–H groups in total. The third-order valence-electron chi connectivity index (χ3n) is 5.21. The molecular formula is C22H26N2O3. The fourth-order valence-electron chi connectivity index (χ4n) is 3.51. The average Bonchev–Trinajstić information content (AvgIpc) is 2.70. The summed E-state index contributed by atoms with van der Waals surface area (Å²) in [6.07, 6.45) is 2.91. The molecule has 142 valence electrons. The highest BCUT2D eigenvalue weighted by molar-refractivity contribution is 5.95. The van der Waals surface area contributed by atoms with E-state index in [1.165, 1.54) is 0 Å². The van der Waals surface area contributed by atoms with Gasteiger partial charge < -0.3 is 15.4 Å². The van der Waals surface area contributed by atoms with Crippen molar-refractivity contribution in [2.75, 3.05) is 17.7 Å². The lowest BCUT2D eigenvalue weighted by molar-refractivity contribution is -0.125. The van der Waals surface area contributed by atoms with E-state index in [9.17, 15) is 9.59 Å². The molecule has 1 fully saturated rings. The van der Waals surface area contributed by atoms with Crippen LogP contribution in [0, 0.1) is 18.8 Å². The van der Waals surface area contributed by atoms with Gasteiger partial charge in [-0.15, -0.1) is 0 Å². The summed E-state index contributed by atoms with van der Waals surface area (Å²) in [6, 6.07) is 15.1. The van der Waals surface area contributed by atoms with E-state index in [2.05, 4.69) is 10.6 Å². The van der Waals surface area contributed by atoms with E-state index in [4.69, 9.17) is 4.74 Å². The van der Waals surface area contributed by atoms with Gasteiger partial charge in [0.2, 0.25) is 11.8 Å². The number of carbonyl (C=O) groups is 2. The van der Waals surface area contributed by atoms with Crippen LogP contribution in [0.1, 0.15) is 31.2 Å². The van der Waals surface area contributed by atoms with Crippen LogP contribution in [0.25, 0.3) is 0 Å². The fourth-order valence-corrected chi connectivity index (χ4v) is 3.51. The Morgan fingerprint density at radius 1 is 0.889 bits per heavy atom. The zero-order valence-corrected chi connectivity index (χ0v) is 15.8. The minimum atomic E-state index is -0.0567. The SMILES string of the molecule is COc1cccc(NC(=O)C2CCC(C(=O)Nc3ccccc3C)CC2)c1. The number of ether oxygens (including phenoxy) is 1. The van der Waals surface area contributed by atoms with Gasteiger partial charge in [-0.3, -0.25) is 9.59 Å². The molecule has 0 heterocycles. The number of anilines is 2. The second-order valence-electron chi connectivity index (χ2n) is 7.07. The van der Waals surface area contributed by atoms with E-state index in [0.717, 1.165) is 42.6 Å². The molecule has 1 saturated carbocycles. The van der Waals surface area contributed by atoms with Gasteiger partial charge in [-0.05, 0) is 56.4 Å². The lowest BCUT2D eigenvalue weighted by Gasteiger charge is -2.27. The summed E-state index contributed by atoms with van der Waals surface area (Å²) in [5.74, 6) is 0.686. The molecule has 5 heteroatoms. The highest BCUT2D eigenvalue weighted by atomic mass is 16.5. The van der Waals surface area contributed by atoms with Crippen LogP contribution in [-0.2, 0) is 9.59 Å². The highest BCUT2D eigenvalue weighted by Gasteiger charge is 2.30. The Bertz CT molecular complexity index is 811. The minimum absolute atomic E-state index is 0.0148. The molecule has 1 aliphatic carbocycles. The second-order valence-corrected chi connectivity index (χ2v) is 7.07. The van der Waals surface area contributed by atoms with Crippen molar-refractivity contribution in [1.29, 1.82) is 0 Å². The van der Waals surface area contributed by atoms with Crippen LogP contribution in [0.2, 0.25) is 0 Å². The monoisotopic (exact) mass is 366 g/mol. The summed E-state index contributed by atoms with van der Waals surface area (Å²) >= 11 is 0. The molecule has 2 aromatic rings. The third kappa shape index (κ3) is 4.88. The number of hydrogen-bond acceptors (Lipinski definition) is 3. The van der Waals surface area contributed by atoms with Crippen molar-refractivity contribution in [2.24, 2.45) is 11.8 Å². The van der Waals surface area contributed by atoms with Crippen molar-refractivity contribution in [3.8, 4) is 5.75 Å². The van der Waals surface area contributed by atoms with Gasteiger partial charge >= 0.3 is 0 Å². The summed E-state index contributed by atoms with van der Waals surface area (Å²) in [6.45, 7) is 1.98. The summed E-state index contributed by atoms with van der Waals surface area (Å²) < 4.78 is 5.18. The molecule has 2 amide bonds. The second kappa shape index (κ2) is 8.71. The van der Waals surface area contributed by atoms with Crippen LogP contribution < -0.4 is 15.4 Å². The van der Waals surface area contributed by atoms with E-state index < -0.39 is 0 Å². The molecule has 0 atom stereocenters. The number of benzene rings is 2. The Morgan fingerprint density at radius 2 is 1.52 bits per heavy atom. The summed E-state index contributed by atoms with van der Waals surface area (Å²) in [5, 5.41) is 5.98. The van der Waals surface area contributed by atoms with E-state index in [1.807, 2.05) is 49.4 Å². The highest BCUT2D eigenvalue weighted by Crippen LogP contribution is 2.31. The maximum atomic E-state index is 12.5. The van der Waals surface area contributed by atoms with Crippen molar-refractivity contribution in [3.63, 3.8) is 0 Å². The van der Waals surface area contributed by atoms with Crippen molar-refractivity contribution in [2.45, 2.75) is 32.6 Å². The molecular weight excluding hydrogens is 340 g/mol. The first-order valence-electron chi connectivity index (χ1n) is 9.38. The zero-order chi connectivity index (χ0) is 19.2. The largest absolute Gasteiger partial charge is 0.497 e. The Morgan fingerprint density at radius 3 is 2.15 bits per heavy atom. The van der Waals surface area contributed by atoms with E-state index in [0.29, 0.717) is 5.75 Å². The number of para-hydroxylation sites is 1. The van der Waals surface area contributed by atoms with Crippen molar-refractivity contribution >= 4 is 23.2 Å². The lowest BCUT2D eigenvalue weighted by Crippen LogP contribution is -2.32. The first kappa shape index (κ1) is 19.0. The van der Waals surface area contributed by atoms with Crippen LogP contribution in [0.3, 0.4) is 0 Å². The molecule has 0 unspecified atom stereocenters. The molecule has 3 rings (SSSR count). The number of amides is 2. The molecule has 0 spiro atoms. The first-order valence-corrected chi connectivity index (χ1v) is 9.38. The Kier molecular flexibility index (Phi) is 6.12. The molecule has 0 aliphatic heterocycles. The smallest absolute Gasteiger partial charge is 0.227 e. The molecule has 5 nitrogen and oxygen atoms in total. The molecule has 0 saturated heterocycles. The van der Waals surface area contributed by atoms with Gasteiger partial charge in [-0.25, -0.2) is 0 Å². The van der Waals surface area contributed by atoms with E-state index in [1.54, 1.807) is 13.2 Å². The van der Waals surface area contributed by atoms with E-state index in [-0.39, 0.29) is 23.7 Å². The van der Waals surface area contributed by atoms with Crippen molar-refractivity contribution < 1.29 is 14.3 Å². The predicted molar refractivity (Wildman–Crippen MR) is 107 cm³/mol. The van der Waals surface area contributed by atoms with Gasteiger partial charge in [0.15, 0.2) is 0 Å². The van der Waals surface area contributed by atoms with Crippen molar-refractivity contribution in [1.82, 2.24) is 0 Å². The Labute approximate surface area is 160 Å². The van der Waals surface area contributed by atoms with Crippen LogP contribution in [0.4, 0.5) is 11.4 Å². The molecule has 0 bridgehead atoms.